The number of carbonyl (C=O) groups excluding carboxylic acids is 1. The third-order valence-corrected chi connectivity index (χ3v) is 4.26. The van der Waals surface area contributed by atoms with Crippen molar-refractivity contribution < 1.29 is 45.7 Å². The number of rotatable bonds is 15. The van der Waals surface area contributed by atoms with Crippen molar-refractivity contribution in [2.24, 2.45) is 5.92 Å². The van der Waals surface area contributed by atoms with E-state index in [-0.39, 0.29) is 42.8 Å². The molecule has 0 fully saturated rings. The van der Waals surface area contributed by atoms with E-state index in [2.05, 4.69) is 12.2 Å². The minimum Gasteiger partial charge on any atom is -1.00 e. The van der Waals surface area contributed by atoms with Gasteiger partial charge in [-0.25, -0.2) is 4.79 Å². The number of unbranched alkanes of at least 4 members (excludes halogenated alkanes) is 10. The van der Waals surface area contributed by atoms with E-state index in [1.165, 1.54) is 57.8 Å². The summed E-state index contributed by atoms with van der Waals surface area (Å²) in [5.74, 6) is -1.18. The van der Waals surface area contributed by atoms with E-state index >= 15 is 0 Å². The van der Waals surface area contributed by atoms with Crippen LogP contribution in [0.5, 0.6) is 0 Å². The fourth-order valence-electron chi connectivity index (χ4n) is 2.71. The summed E-state index contributed by atoms with van der Waals surface area (Å²) in [6.45, 7) is 5.85. The van der Waals surface area contributed by atoms with Crippen LogP contribution in [0.4, 0.5) is 0 Å². The Balaban J connectivity index is -0.00000242. The minimum atomic E-state index is -0.952. The molecular weight excluding hydrogens is 313 g/mol. The number of amides is 1. The second kappa shape index (κ2) is 17.8. The van der Waals surface area contributed by atoms with Crippen molar-refractivity contribution in [3.63, 3.8) is 0 Å². The molecule has 24 heavy (non-hydrogen) atoms. The first-order valence-corrected chi connectivity index (χ1v) is 9.51. The van der Waals surface area contributed by atoms with Crippen molar-refractivity contribution in [1.82, 2.24) is 5.32 Å². The molecule has 1 amide bonds. The summed E-state index contributed by atoms with van der Waals surface area (Å²) in [6, 6.07) is -0.768. The standard InChI is InChI=1S/C19H37NO3.Na.H/c1-4-5-6-7-8-9-10-11-12-13-14-15-17(21)20-18(16(2)3)19(22)23;;/h16,18H,4-15H2,1-3H3,(H,20,21)(H,22,23);;/q;+1;-1/t18-;;/m0../s1. The molecule has 0 aliphatic heterocycles. The number of carboxylic acids is 1. The normalized spacial score (nSPS) is 11.8. The molecule has 0 saturated heterocycles. The summed E-state index contributed by atoms with van der Waals surface area (Å²) < 4.78 is 0. The van der Waals surface area contributed by atoms with Crippen LogP contribution < -0.4 is 34.9 Å². The molecule has 0 aromatic rings. The summed E-state index contributed by atoms with van der Waals surface area (Å²) in [4.78, 5) is 22.8. The van der Waals surface area contributed by atoms with Gasteiger partial charge in [0.25, 0.3) is 0 Å². The Bertz CT molecular complexity index is 328. The Morgan fingerprint density at radius 3 is 1.67 bits per heavy atom. The number of hydrogen-bond acceptors (Lipinski definition) is 2. The zero-order valence-electron chi connectivity index (χ0n) is 17.4. The van der Waals surface area contributed by atoms with Crippen LogP contribution in [0.1, 0.15) is 99.2 Å². The second-order valence-electron chi connectivity index (χ2n) is 6.91. The molecule has 4 nitrogen and oxygen atoms in total. The van der Waals surface area contributed by atoms with Gasteiger partial charge in [0.05, 0.1) is 0 Å². The Morgan fingerprint density at radius 1 is 0.875 bits per heavy atom. The molecule has 0 saturated carbocycles. The summed E-state index contributed by atoms with van der Waals surface area (Å²) >= 11 is 0. The predicted molar refractivity (Wildman–Crippen MR) is 96.6 cm³/mol. The van der Waals surface area contributed by atoms with Gasteiger partial charge in [-0.05, 0) is 12.3 Å². The van der Waals surface area contributed by atoms with E-state index in [1.54, 1.807) is 13.8 Å². The molecule has 0 aromatic carbocycles. The van der Waals surface area contributed by atoms with Crippen LogP contribution in [0, 0.1) is 5.92 Å². The average Bonchev–Trinajstić information content (AvgIpc) is 2.49. The van der Waals surface area contributed by atoms with Gasteiger partial charge in [-0.2, -0.15) is 0 Å². The van der Waals surface area contributed by atoms with E-state index in [0.29, 0.717) is 6.42 Å². The van der Waals surface area contributed by atoms with Gasteiger partial charge in [-0.1, -0.05) is 85.0 Å². The van der Waals surface area contributed by atoms with Crippen LogP contribution >= 0.6 is 0 Å². The third-order valence-electron chi connectivity index (χ3n) is 4.26. The molecule has 0 unspecified atom stereocenters. The first kappa shape index (κ1) is 26.2. The van der Waals surface area contributed by atoms with Crippen LogP contribution in [-0.4, -0.2) is 23.0 Å². The first-order valence-electron chi connectivity index (χ1n) is 9.51. The Labute approximate surface area is 172 Å². The van der Waals surface area contributed by atoms with Crippen molar-refractivity contribution in [3.05, 3.63) is 0 Å². The summed E-state index contributed by atoms with van der Waals surface area (Å²) in [5, 5.41) is 11.7. The van der Waals surface area contributed by atoms with E-state index in [4.69, 9.17) is 5.11 Å². The molecule has 5 heteroatoms. The van der Waals surface area contributed by atoms with Crippen molar-refractivity contribution in [2.75, 3.05) is 0 Å². The van der Waals surface area contributed by atoms with Gasteiger partial charge in [0.1, 0.15) is 6.04 Å². The first-order chi connectivity index (χ1) is 11.0. The Hall–Kier alpha value is -0.0600. The molecule has 0 aliphatic carbocycles. The molecule has 2 N–H and O–H groups in total. The number of hydrogen-bond donors (Lipinski definition) is 2. The number of aliphatic carboxylic acids is 1. The molecule has 0 rings (SSSR count). The van der Waals surface area contributed by atoms with E-state index < -0.39 is 12.0 Å². The summed E-state index contributed by atoms with van der Waals surface area (Å²) in [7, 11) is 0. The third kappa shape index (κ3) is 15.5. The Kier molecular flexibility index (Phi) is 19.4. The average molecular weight is 352 g/mol. The monoisotopic (exact) mass is 351 g/mol. The predicted octanol–water partition coefficient (Wildman–Crippen LogP) is 2.03. The second-order valence-corrected chi connectivity index (χ2v) is 6.91. The van der Waals surface area contributed by atoms with Gasteiger partial charge in [0, 0.05) is 6.42 Å². The van der Waals surface area contributed by atoms with Crippen molar-refractivity contribution in [3.8, 4) is 0 Å². The van der Waals surface area contributed by atoms with Crippen LogP contribution in [0.25, 0.3) is 0 Å². The molecule has 0 bridgehead atoms. The van der Waals surface area contributed by atoms with Crippen molar-refractivity contribution in [1.29, 1.82) is 0 Å². The molecule has 0 heterocycles. The number of carboxylic acid groups (broad SMARTS) is 1. The van der Waals surface area contributed by atoms with Crippen LogP contribution in [-0.2, 0) is 9.59 Å². The Morgan fingerprint density at radius 2 is 1.29 bits per heavy atom. The van der Waals surface area contributed by atoms with Crippen molar-refractivity contribution >= 4 is 11.9 Å². The summed E-state index contributed by atoms with van der Waals surface area (Å²) in [5.41, 5.74) is 0. The molecule has 138 valence electrons. The topological polar surface area (TPSA) is 66.4 Å². The SMILES string of the molecule is CCCCCCCCCCCCCC(=O)N[C@H](C(=O)O)C(C)C.[H-].[Na+]. The van der Waals surface area contributed by atoms with Crippen LogP contribution in [0.2, 0.25) is 0 Å². The van der Waals surface area contributed by atoms with Gasteiger partial charge in [0.2, 0.25) is 5.91 Å². The molecule has 0 radical (unpaired) electrons. The number of carbonyl (C=O) groups is 2. The van der Waals surface area contributed by atoms with Gasteiger partial charge in [-0.3, -0.25) is 4.79 Å². The minimum absolute atomic E-state index is 0. The molecular formula is C19H38NNaO3. The zero-order valence-corrected chi connectivity index (χ0v) is 18.4. The quantitative estimate of drug-likeness (QED) is 0.350. The molecule has 0 aliphatic rings. The van der Waals surface area contributed by atoms with Crippen LogP contribution in [0.3, 0.4) is 0 Å². The van der Waals surface area contributed by atoms with Gasteiger partial charge >= 0.3 is 35.5 Å². The van der Waals surface area contributed by atoms with E-state index in [0.717, 1.165) is 12.8 Å². The fraction of sp³-hybridized carbons (Fsp3) is 0.895. The van der Waals surface area contributed by atoms with Crippen LogP contribution in [0.15, 0.2) is 0 Å². The smallest absolute Gasteiger partial charge is 1.00 e. The largest absolute Gasteiger partial charge is 1.00 e. The van der Waals surface area contributed by atoms with E-state index in [1.807, 2.05) is 0 Å². The molecule has 0 aromatic heterocycles. The molecule has 0 spiro atoms. The van der Waals surface area contributed by atoms with Gasteiger partial charge in [0.15, 0.2) is 0 Å². The van der Waals surface area contributed by atoms with Crippen molar-refractivity contribution in [2.45, 2.75) is 104 Å². The maximum absolute atomic E-state index is 11.7. The molecule has 1 atom stereocenters. The fourth-order valence-corrected chi connectivity index (χ4v) is 2.71. The van der Waals surface area contributed by atoms with Gasteiger partial charge < -0.3 is 11.8 Å². The maximum atomic E-state index is 11.7. The number of nitrogens with one attached hydrogen (secondary N) is 1. The van der Waals surface area contributed by atoms with E-state index in [9.17, 15) is 9.59 Å². The zero-order chi connectivity index (χ0) is 17.5. The summed E-state index contributed by atoms with van der Waals surface area (Å²) in [6.07, 6.45) is 14.2. The maximum Gasteiger partial charge on any atom is 1.00 e. The van der Waals surface area contributed by atoms with Gasteiger partial charge in [-0.15, -0.1) is 0 Å².